The summed E-state index contributed by atoms with van der Waals surface area (Å²) >= 11 is 0. The van der Waals surface area contributed by atoms with Gasteiger partial charge < -0.3 is 10.1 Å². The Balaban J connectivity index is 1.72. The van der Waals surface area contributed by atoms with Crippen molar-refractivity contribution in [3.63, 3.8) is 0 Å². The second kappa shape index (κ2) is 5.33. The Morgan fingerprint density at radius 3 is 2.80 bits per heavy atom. The first-order valence-electron chi connectivity index (χ1n) is 6.50. The zero-order chi connectivity index (χ0) is 13.9. The maximum atomic E-state index is 13.5. The zero-order valence-electron chi connectivity index (χ0n) is 10.8. The van der Waals surface area contributed by atoms with Crippen LogP contribution in [0.5, 0.6) is 5.75 Å². The first kappa shape index (κ1) is 12.7. The summed E-state index contributed by atoms with van der Waals surface area (Å²) in [4.78, 5) is 12.2. The average Bonchev–Trinajstić information content (AvgIpc) is 2.49. The number of carbonyl (C=O) groups is 1. The van der Waals surface area contributed by atoms with Crippen molar-refractivity contribution in [2.45, 2.75) is 12.5 Å². The summed E-state index contributed by atoms with van der Waals surface area (Å²) in [6.07, 6.45) is -0.536. The Kier molecular flexibility index (Phi) is 3.37. The molecule has 0 spiro atoms. The van der Waals surface area contributed by atoms with Gasteiger partial charge in [-0.15, -0.1) is 0 Å². The lowest BCUT2D eigenvalue weighted by Crippen LogP contribution is -2.38. The predicted octanol–water partition coefficient (Wildman–Crippen LogP) is 2.81. The van der Waals surface area contributed by atoms with Gasteiger partial charge in [-0.25, -0.2) is 4.39 Å². The third kappa shape index (κ3) is 2.50. The number of nitrogens with one attached hydrogen (secondary N) is 1. The van der Waals surface area contributed by atoms with E-state index in [-0.39, 0.29) is 18.0 Å². The molecule has 0 saturated carbocycles. The summed E-state index contributed by atoms with van der Waals surface area (Å²) in [5.74, 6) is 0.174. The van der Waals surface area contributed by atoms with Gasteiger partial charge in [0.15, 0.2) is 11.9 Å². The second-order valence-electron chi connectivity index (χ2n) is 4.72. The highest BCUT2D eigenvalue weighted by Crippen LogP contribution is 2.28. The summed E-state index contributed by atoms with van der Waals surface area (Å²) in [5, 5.41) is 3.15. The third-order valence-corrected chi connectivity index (χ3v) is 3.32. The van der Waals surface area contributed by atoms with Crippen molar-refractivity contribution in [3.8, 4) is 5.75 Å². The van der Waals surface area contributed by atoms with Crippen molar-refractivity contribution < 1.29 is 13.9 Å². The van der Waals surface area contributed by atoms with E-state index in [4.69, 9.17) is 4.74 Å². The molecule has 1 heterocycles. The van der Waals surface area contributed by atoms with E-state index in [1.165, 1.54) is 6.07 Å². The maximum Gasteiger partial charge on any atom is 0.179 e. The molecule has 0 fully saturated rings. The molecular weight excluding hydrogens is 257 g/mol. The molecule has 0 radical (unpaired) electrons. The molecule has 0 bridgehead atoms. The van der Waals surface area contributed by atoms with Crippen molar-refractivity contribution in [1.82, 2.24) is 0 Å². The lowest BCUT2D eigenvalue weighted by atomic mass is 10.0. The lowest BCUT2D eigenvalue weighted by Gasteiger charge is -2.26. The summed E-state index contributed by atoms with van der Waals surface area (Å²) in [6, 6.07) is 13.8. The van der Waals surface area contributed by atoms with Gasteiger partial charge in [-0.05, 0) is 23.8 Å². The molecule has 3 rings (SSSR count). The highest BCUT2D eigenvalue weighted by atomic mass is 19.1. The number of fused-ring (bicyclic) bond motifs is 1. The molecule has 1 unspecified atom stereocenters. The average molecular weight is 271 g/mol. The molecule has 2 aromatic rings. The molecule has 4 heteroatoms. The minimum absolute atomic E-state index is 0.0428. The minimum atomic E-state index is -0.579. The number of Topliss-reactive ketones (excluding diaryl/α,β-unsaturated/α-hetero) is 1. The van der Waals surface area contributed by atoms with Gasteiger partial charge >= 0.3 is 0 Å². The topological polar surface area (TPSA) is 38.3 Å². The summed E-state index contributed by atoms with van der Waals surface area (Å²) in [7, 11) is 0. The zero-order valence-corrected chi connectivity index (χ0v) is 10.8. The van der Waals surface area contributed by atoms with Crippen LogP contribution >= 0.6 is 0 Å². The fraction of sp³-hybridized carbons (Fsp3) is 0.188. The van der Waals surface area contributed by atoms with Gasteiger partial charge in [0, 0.05) is 6.42 Å². The van der Waals surface area contributed by atoms with Gasteiger partial charge in [-0.1, -0.05) is 30.3 Å². The Labute approximate surface area is 116 Å². The van der Waals surface area contributed by atoms with Gasteiger partial charge in [0.1, 0.15) is 11.6 Å². The van der Waals surface area contributed by atoms with Gasteiger partial charge in [0.2, 0.25) is 0 Å². The Hall–Kier alpha value is -2.36. The Morgan fingerprint density at radius 2 is 1.95 bits per heavy atom. The molecule has 0 saturated heterocycles. The molecule has 1 atom stereocenters. The number of hydrogen-bond donors (Lipinski definition) is 1. The number of hydrogen-bond acceptors (Lipinski definition) is 3. The summed E-state index contributed by atoms with van der Waals surface area (Å²) in [6.45, 7) is 0.407. The van der Waals surface area contributed by atoms with Crippen LogP contribution in [-0.4, -0.2) is 18.4 Å². The van der Waals surface area contributed by atoms with Gasteiger partial charge in [0.25, 0.3) is 0 Å². The molecule has 3 nitrogen and oxygen atoms in total. The van der Waals surface area contributed by atoms with Gasteiger partial charge in [0.05, 0.1) is 12.2 Å². The number of halogens is 1. The Morgan fingerprint density at radius 1 is 1.20 bits per heavy atom. The first-order chi connectivity index (χ1) is 9.74. The molecule has 1 aliphatic rings. The number of rotatable bonds is 3. The van der Waals surface area contributed by atoms with E-state index in [1.54, 1.807) is 18.2 Å². The van der Waals surface area contributed by atoms with Crippen LogP contribution in [0.25, 0.3) is 0 Å². The van der Waals surface area contributed by atoms with Crippen molar-refractivity contribution in [1.29, 1.82) is 0 Å². The lowest BCUT2D eigenvalue weighted by molar-refractivity contribution is -0.124. The van der Waals surface area contributed by atoms with Crippen LogP contribution in [0.3, 0.4) is 0 Å². The fourth-order valence-electron chi connectivity index (χ4n) is 2.24. The van der Waals surface area contributed by atoms with E-state index < -0.39 is 6.10 Å². The molecule has 1 N–H and O–H groups in total. The van der Waals surface area contributed by atoms with Crippen LogP contribution in [0, 0.1) is 5.82 Å². The second-order valence-corrected chi connectivity index (χ2v) is 4.72. The van der Waals surface area contributed by atoms with Crippen LogP contribution in [0.1, 0.15) is 5.56 Å². The molecule has 0 amide bonds. The quantitative estimate of drug-likeness (QED) is 0.933. The summed E-state index contributed by atoms with van der Waals surface area (Å²) < 4.78 is 19.2. The van der Waals surface area contributed by atoms with Crippen LogP contribution in [-0.2, 0) is 11.2 Å². The number of ketones is 1. The molecule has 2 aromatic carbocycles. The predicted molar refractivity (Wildman–Crippen MR) is 74.5 cm³/mol. The van der Waals surface area contributed by atoms with Crippen LogP contribution < -0.4 is 10.1 Å². The SMILES string of the molecule is O=C(Cc1ccccc1F)C1CNc2ccccc2O1. The van der Waals surface area contributed by atoms with E-state index >= 15 is 0 Å². The monoisotopic (exact) mass is 271 g/mol. The number of para-hydroxylation sites is 2. The molecule has 0 aliphatic carbocycles. The molecular formula is C16H14FNO2. The highest BCUT2D eigenvalue weighted by Gasteiger charge is 2.26. The van der Waals surface area contributed by atoms with Crippen LogP contribution in [0.4, 0.5) is 10.1 Å². The van der Waals surface area contributed by atoms with Crippen molar-refractivity contribution in [2.24, 2.45) is 0 Å². The van der Waals surface area contributed by atoms with Gasteiger partial charge in [-0.2, -0.15) is 0 Å². The van der Waals surface area contributed by atoms with Crippen LogP contribution in [0.2, 0.25) is 0 Å². The number of benzene rings is 2. The standard InChI is InChI=1S/C16H14FNO2/c17-12-6-2-1-5-11(12)9-14(19)16-10-18-13-7-3-4-8-15(13)20-16/h1-8,16,18H,9-10H2. The van der Waals surface area contributed by atoms with Crippen molar-refractivity contribution in [3.05, 3.63) is 59.9 Å². The number of carbonyl (C=O) groups excluding carboxylic acids is 1. The first-order valence-corrected chi connectivity index (χ1v) is 6.50. The number of ether oxygens (including phenoxy) is 1. The van der Waals surface area contributed by atoms with E-state index in [0.29, 0.717) is 17.9 Å². The van der Waals surface area contributed by atoms with Crippen molar-refractivity contribution >= 4 is 11.5 Å². The molecule has 20 heavy (non-hydrogen) atoms. The Bertz CT molecular complexity index is 642. The van der Waals surface area contributed by atoms with Gasteiger partial charge in [-0.3, -0.25) is 4.79 Å². The molecule has 0 aromatic heterocycles. The fourth-order valence-corrected chi connectivity index (χ4v) is 2.24. The minimum Gasteiger partial charge on any atom is -0.479 e. The molecule has 1 aliphatic heterocycles. The third-order valence-electron chi connectivity index (χ3n) is 3.32. The maximum absolute atomic E-state index is 13.5. The van der Waals surface area contributed by atoms with E-state index in [2.05, 4.69) is 5.32 Å². The van der Waals surface area contributed by atoms with E-state index in [9.17, 15) is 9.18 Å². The summed E-state index contributed by atoms with van der Waals surface area (Å²) in [5.41, 5.74) is 1.28. The number of anilines is 1. The van der Waals surface area contributed by atoms with Crippen molar-refractivity contribution in [2.75, 3.05) is 11.9 Å². The van der Waals surface area contributed by atoms with E-state index in [0.717, 1.165) is 5.69 Å². The highest BCUT2D eigenvalue weighted by molar-refractivity contribution is 5.87. The van der Waals surface area contributed by atoms with Crippen LogP contribution in [0.15, 0.2) is 48.5 Å². The smallest absolute Gasteiger partial charge is 0.179 e. The largest absolute Gasteiger partial charge is 0.479 e. The van der Waals surface area contributed by atoms with E-state index in [1.807, 2.05) is 24.3 Å². The normalized spacial score (nSPS) is 16.8. The molecule has 102 valence electrons.